The van der Waals surface area contributed by atoms with Gasteiger partial charge in [-0.15, -0.1) is 11.3 Å². The molecule has 0 fully saturated rings. The molecule has 1 N–H and O–H groups in total. The largest absolute Gasteiger partial charge is 0.457 e. The van der Waals surface area contributed by atoms with Crippen LogP contribution >= 0.6 is 22.7 Å². The Labute approximate surface area is 221 Å². The van der Waals surface area contributed by atoms with Gasteiger partial charge in [0, 0.05) is 10.4 Å². The van der Waals surface area contributed by atoms with E-state index in [1.165, 1.54) is 15.5 Å². The number of aromatic nitrogens is 3. The highest BCUT2D eigenvalue weighted by Crippen LogP contribution is 2.35. The number of nitrogens with zero attached hydrogens (tertiary/aromatic N) is 3. The zero-order valence-corrected chi connectivity index (χ0v) is 22.3. The van der Waals surface area contributed by atoms with Crippen molar-refractivity contribution in [2.75, 3.05) is 11.9 Å². The fraction of sp³-hybridized carbons (Fsp3) is 0.296. The second-order valence-corrected chi connectivity index (χ2v) is 11.0. The molecule has 1 aromatic carbocycles. The van der Waals surface area contributed by atoms with Gasteiger partial charge in [0.15, 0.2) is 5.13 Å². The van der Waals surface area contributed by atoms with Crippen LogP contribution < -0.4 is 10.9 Å². The summed E-state index contributed by atoms with van der Waals surface area (Å²) in [5.41, 5.74) is 3.13. The van der Waals surface area contributed by atoms with Crippen LogP contribution in [-0.4, -0.2) is 33.0 Å². The molecule has 1 aliphatic rings. The molecular weight excluding hydrogens is 508 g/mol. The van der Waals surface area contributed by atoms with Crippen LogP contribution in [0.15, 0.2) is 41.7 Å². The lowest BCUT2D eigenvalue weighted by Crippen LogP contribution is -2.30. The monoisotopic (exact) mass is 534 g/mol. The highest BCUT2D eigenvalue weighted by atomic mass is 32.1. The maximum absolute atomic E-state index is 13.8. The van der Waals surface area contributed by atoms with Gasteiger partial charge in [-0.3, -0.25) is 14.2 Å². The van der Waals surface area contributed by atoms with E-state index in [1.54, 1.807) is 18.3 Å². The Kier molecular flexibility index (Phi) is 7.03. The van der Waals surface area contributed by atoms with E-state index in [1.807, 2.05) is 31.2 Å². The van der Waals surface area contributed by atoms with E-state index < -0.39 is 11.9 Å². The maximum atomic E-state index is 13.8. The highest BCUT2D eigenvalue weighted by molar-refractivity contribution is 7.19. The Hall–Kier alpha value is -3.63. The molecule has 1 aliphatic carbocycles. The first-order valence-corrected chi connectivity index (χ1v) is 13.7. The molecule has 5 rings (SSSR count). The van der Waals surface area contributed by atoms with Gasteiger partial charge in [-0.05, 0) is 51.2 Å². The molecule has 3 heterocycles. The molecule has 1 amide bonds. The van der Waals surface area contributed by atoms with Crippen LogP contribution in [0.4, 0.5) is 5.13 Å². The van der Waals surface area contributed by atoms with Gasteiger partial charge in [-0.25, -0.2) is 14.8 Å². The number of thiophene rings is 1. The summed E-state index contributed by atoms with van der Waals surface area (Å²) in [4.78, 5) is 50.7. The summed E-state index contributed by atoms with van der Waals surface area (Å²) >= 11 is 2.62. The van der Waals surface area contributed by atoms with Crippen molar-refractivity contribution in [3.05, 3.63) is 73.8 Å². The molecule has 3 aromatic heterocycles. The number of nitrogens with one attached hydrogen (secondary N) is 1. The van der Waals surface area contributed by atoms with Crippen LogP contribution in [0.25, 0.3) is 21.6 Å². The van der Waals surface area contributed by atoms with Crippen LogP contribution in [0.3, 0.4) is 0 Å². The summed E-state index contributed by atoms with van der Waals surface area (Å²) in [6, 6.07) is 7.74. The third kappa shape index (κ3) is 4.99. The molecule has 0 atom stereocenters. The molecular formula is C27H26N4O4S2. The van der Waals surface area contributed by atoms with Gasteiger partial charge < -0.3 is 10.1 Å². The van der Waals surface area contributed by atoms with Crippen molar-refractivity contribution in [3.8, 4) is 11.4 Å². The van der Waals surface area contributed by atoms with Gasteiger partial charge in [0.25, 0.3) is 5.56 Å². The standard InChI is InChI=1S/C27H26N4O4S2/c1-4-12-35-26(34)22-16(3)28-27(37-22)29-20(32)14-31-23(17-9-7-8-15(2)13-17)30-24-21(25(31)33)18-10-5-6-11-19(18)36-24/h4,7-9,13H,1,5-6,10-12,14H2,2-3H3,(H,28,29,32). The lowest BCUT2D eigenvalue weighted by atomic mass is 9.97. The van der Waals surface area contributed by atoms with E-state index in [0.717, 1.165) is 58.5 Å². The average Bonchev–Trinajstić information content (AvgIpc) is 3.43. The first-order valence-electron chi connectivity index (χ1n) is 12.0. The molecule has 190 valence electrons. The number of ether oxygens (including phenoxy) is 1. The molecule has 37 heavy (non-hydrogen) atoms. The van der Waals surface area contributed by atoms with Gasteiger partial charge in [0.05, 0.1) is 11.1 Å². The number of aryl methyl sites for hydroxylation is 4. The number of thiazole rings is 1. The molecule has 0 saturated carbocycles. The number of carbonyl (C=O) groups excluding carboxylic acids is 2. The van der Waals surface area contributed by atoms with Crippen molar-refractivity contribution in [3.63, 3.8) is 0 Å². The number of esters is 1. The van der Waals surface area contributed by atoms with E-state index >= 15 is 0 Å². The van der Waals surface area contributed by atoms with Crippen molar-refractivity contribution >= 4 is 49.9 Å². The first kappa shape index (κ1) is 25.0. The van der Waals surface area contributed by atoms with Crippen molar-refractivity contribution in [1.29, 1.82) is 0 Å². The zero-order valence-electron chi connectivity index (χ0n) is 20.6. The summed E-state index contributed by atoms with van der Waals surface area (Å²) in [5, 5.41) is 3.63. The highest BCUT2D eigenvalue weighted by Gasteiger charge is 2.24. The lowest BCUT2D eigenvalue weighted by molar-refractivity contribution is -0.116. The number of carbonyl (C=O) groups is 2. The van der Waals surface area contributed by atoms with E-state index in [0.29, 0.717) is 21.8 Å². The van der Waals surface area contributed by atoms with Crippen molar-refractivity contribution in [1.82, 2.24) is 14.5 Å². The van der Waals surface area contributed by atoms with Crippen LogP contribution in [0.5, 0.6) is 0 Å². The van der Waals surface area contributed by atoms with Crippen LogP contribution in [0.1, 0.15) is 44.2 Å². The number of benzene rings is 1. The zero-order chi connectivity index (χ0) is 26.1. The van der Waals surface area contributed by atoms with Crippen molar-refractivity contribution < 1.29 is 14.3 Å². The Morgan fingerprint density at radius 3 is 2.78 bits per heavy atom. The van der Waals surface area contributed by atoms with Crippen molar-refractivity contribution in [2.45, 2.75) is 46.1 Å². The summed E-state index contributed by atoms with van der Waals surface area (Å²) in [6.07, 6.45) is 5.44. The van der Waals surface area contributed by atoms with Gasteiger partial charge in [-0.1, -0.05) is 47.8 Å². The number of anilines is 1. The maximum Gasteiger partial charge on any atom is 0.350 e. The Balaban J connectivity index is 1.51. The quantitative estimate of drug-likeness (QED) is 0.263. The van der Waals surface area contributed by atoms with E-state index in [9.17, 15) is 14.4 Å². The first-order chi connectivity index (χ1) is 17.9. The Morgan fingerprint density at radius 2 is 2.00 bits per heavy atom. The molecule has 0 unspecified atom stereocenters. The summed E-state index contributed by atoms with van der Waals surface area (Å²) < 4.78 is 6.54. The molecule has 0 spiro atoms. The minimum atomic E-state index is -0.523. The molecule has 0 bridgehead atoms. The second kappa shape index (κ2) is 10.4. The molecule has 0 saturated heterocycles. The predicted octanol–water partition coefficient (Wildman–Crippen LogP) is 5.06. The van der Waals surface area contributed by atoms with E-state index in [-0.39, 0.29) is 23.8 Å². The predicted molar refractivity (Wildman–Crippen MR) is 147 cm³/mol. The Bertz CT molecular complexity index is 1600. The molecule has 10 heteroatoms. The normalized spacial score (nSPS) is 12.8. The van der Waals surface area contributed by atoms with E-state index in [4.69, 9.17) is 9.72 Å². The third-order valence-electron chi connectivity index (χ3n) is 6.21. The minimum Gasteiger partial charge on any atom is -0.457 e. The summed E-state index contributed by atoms with van der Waals surface area (Å²) in [7, 11) is 0. The smallest absolute Gasteiger partial charge is 0.350 e. The number of amides is 1. The minimum absolute atomic E-state index is 0.0876. The van der Waals surface area contributed by atoms with Gasteiger partial charge >= 0.3 is 5.97 Å². The number of rotatable bonds is 7. The van der Waals surface area contributed by atoms with Gasteiger partial charge in [-0.2, -0.15) is 0 Å². The van der Waals surface area contributed by atoms with Crippen LogP contribution in [-0.2, 0) is 28.9 Å². The SMILES string of the molecule is C=CCOC(=O)c1sc(NC(=O)Cn2c(-c3cccc(C)c3)nc3sc4c(c3c2=O)CCCC4)nc1C. The summed E-state index contributed by atoms with van der Waals surface area (Å²) in [6.45, 7) is 7.04. The fourth-order valence-corrected chi connectivity index (χ4v) is 6.66. The van der Waals surface area contributed by atoms with Crippen molar-refractivity contribution in [2.24, 2.45) is 0 Å². The molecule has 0 aliphatic heterocycles. The second-order valence-electron chi connectivity index (χ2n) is 8.96. The van der Waals surface area contributed by atoms with E-state index in [2.05, 4.69) is 16.9 Å². The summed E-state index contributed by atoms with van der Waals surface area (Å²) in [5.74, 6) is -0.495. The molecule has 4 aromatic rings. The number of hydrogen-bond donors (Lipinski definition) is 1. The number of hydrogen-bond acceptors (Lipinski definition) is 8. The van der Waals surface area contributed by atoms with Crippen LogP contribution in [0, 0.1) is 13.8 Å². The third-order valence-corrected chi connectivity index (χ3v) is 8.45. The van der Waals surface area contributed by atoms with Crippen LogP contribution in [0.2, 0.25) is 0 Å². The van der Waals surface area contributed by atoms with Gasteiger partial charge in [0.1, 0.15) is 28.7 Å². The Morgan fingerprint density at radius 1 is 1.19 bits per heavy atom. The average molecular weight is 535 g/mol. The molecule has 8 nitrogen and oxygen atoms in total. The fourth-order valence-electron chi connectivity index (χ4n) is 4.53. The molecule has 0 radical (unpaired) electrons. The topological polar surface area (TPSA) is 103 Å². The lowest BCUT2D eigenvalue weighted by Gasteiger charge is -2.14. The van der Waals surface area contributed by atoms with Gasteiger partial charge in [0.2, 0.25) is 5.91 Å². The number of fused-ring (bicyclic) bond motifs is 3.